The van der Waals surface area contributed by atoms with Gasteiger partial charge in [0.1, 0.15) is 4.88 Å². The number of methoxy groups -OCH3 is 1. The second-order valence-corrected chi connectivity index (χ2v) is 5.81. The summed E-state index contributed by atoms with van der Waals surface area (Å²) in [4.78, 5) is 24.4. The highest BCUT2D eigenvalue weighted by molar-refractivity contribution is 7.12. The minimum absolute atomic E-state index is 0.100. The largest absolute Gasteiger partial charge is 0.465 e. The number of carbonyl (C=O) groups excluding carboxylic acids is 2. The topological polar surface area (TPSA) is 67.4 Å². The van der Waals surface area contributed by atoms with Crippen molar-refractivity contribution in [1.29, 1.82) is 0 Å². The Morgan fingerprint density at radius 3 is 2.84 bits per heavy atom. The lowest BCUT2D eigenvalue weighted by atomic mass is 9.99. The second kappa shape index (κ2) is 5.30. The normalized spacial score (nSPS) is 22.3. The molecule has 6 heteroatoms. The molecule has 0 bridgehead atoms. The first-order valence-electron chi connectivity index (χ1n) is 6.21. The van der Waals surface area contributed by atoms with E-state index in [0.717, 1.165) is 24.9 Å². The van der Waals surface area contributed by atoms with E-state index in [1.165, 1.54) is 18.4 Å². The van der Waals surface area contributed by atoms with Crippen molar-refractivity contribution in [3.05, 3.63) is 15.8 Å². The molecule has 0 aromatic carbocycles. The van der Waals surface area contributed by atoms with Gasteiger partial charge in [0.25, 0.3) is 0 Å². The van der Waals surface area contributed by atoms with Gasteiger partial charge in [-0.15, -0.1) is 11.3 Å². The zero-order valence-corrected chi connectivity index (χ0v) is 12.1. The van der Waals surface area contributed by atoms with E-state index in [0.29, 0.717) is 10.6 Å². The number of aryl methyl sites for hydroxylation is 1. The van der Waals surface area contributed by atoms with Crippen LogP contribution >= 0.6 is 11.3 Å². The molecule has 1 saturated heterocycles. The molecule has 2 N–H and O–H groups in total. The predicted molar refractivity (Wildman–Crippen MR) is 74.7 cm³/mol. The van der Waals surface area contributed by atoms with Gasteiger partial charge in [0.2, 0.25) is 5.91 Å². The van der Waals surface area contributed by atoms with Gasteiger partial charge < -0.3 is 15.4 Å². The molecule has 1 aromatic heterocycles. The van der Waals surface area contributed by atoms with Crippen LogP contribution in [0.5, 0.6) is 0 Å². The summed E-state index contributed by atoms with van der Waals surface area (Å²) in [7, 11) is 1.34. The molecular weight excluding hydrogens is 264 g/mol. The first kappa shape index (κ1) is 14.0. The van der Waals surface area contributed by atoms with Crippen LogP contribution < -0.4 is 10.6 Å². The van der Waals surface area contributed by atoms with Crippen molar-refractivity contribution in [3.8, 4) is 0 Å². The van der Waals surface area contributed by atoms with Crippen LogP contribution in [-0.2, 0) is 9.53 Å². The Balaban J connectivity index is 2.21. The maximum atomic E-state index is 12.3. The molecule has 1 unspecified atom stereocenters. The van der Waals surface area contributed by atoms with E-state index in [2.05, 4.69) is 10.6 Å². The lowest BCUT2D eigenvalue weighted by molar-refractivity contribution is -0.121. The molecule has 1 atom stereocenters. The average molecular weight is 282 g/mol. The van der Waals surface area contributed by atoms with E-state index >= 15 is 0 Å². The van der Waals surface area contributed by atoms with Gasteiger partial charge in [-0.3, -0.25) is 4.79 Å². The van der Waals surface area contributed by atoms with Gasteiger partial charge in [-0.1, -0.05) is 0 Å². The van der Waals surface area contributed by atoms with E-state index in [1.807, 2.05) is 19.2 Å². The minimum atomic E-state index is -0.554. The number of rotatable bonds is 3. The Labute approximate surface area is 116 Å². The highest BCUT2D eigenvalue weighted by Crippen LogP contribution is 2.30. The second-order valence-electron chi connectivity index (χ2n) is 4.93. The molecule has 0 aliphatic carbocycles. The van der Waals surface area contributed by atoms with E-state index in [1.54, 1.807) is 0 Å². The Bertz CT molecular complexity index is 504. The molecular formula is C13H18N2O3S. The molecule has 1 aliphatic heterocycles. The Morgan fingerprint density at radius 2 is 2.26 bits per heavy atom. The van der Waals surface area contributed by atoms with E-state index in [-0.39, 0.29) is 5.91 Å². The molecule has 0 saturated carbocycles. The van der Waals surface area contributed by atoms with Crippen molar-refractivity contribution in [2.45, 2.75) is 32.2 Å². The van der Waals surface area contributed by atoms with Gasteiger partial charge in [-0.05, 0) is 44.2 Å². The third-order valence-electron chi connectivity index (χ3n) is 3.45. The van der Waals surface area contributed by atoms with Crippen LogP contribution in [0.4, 0.5) is 5.69 Å². The third kappa shape index (κ3) is 2.64. The molecule has 0 radical (unpaired) electrons. The van der Waals surface area contributed by atoms with Crippen LogP contribution in [-0.4, -0.2) is 31.1 Å². The van der Waals surface area contributed by atoms with Crippen molar-refractivity contribution in [3.63, 3.8) is 0 Å². The number of nitrogens with one attached hydrogen (secondary N) is 2. The average Bonchev–Trinajstić information content (AvgIpc) is 2.98. The fourth-order valence-electron chi connectivity index (χ4n) is 2.18. The number of hydrogen-bond donors (Lipinski definition) is 2. The van der Waals surface area contributed by atoms with Crippen molar-refractivity contribution in [1.82, 2.24) is 5.32 Å². The molecule has 104 valence electrons. The quantitative estimate of drug-likeness (QED) is 0.831. The van der Waals surface area contributed by atoms with Gasteiger partial charge in [0, 0.05) is 0 Å². The van der Waals surface area contributed by atoms with Crippen molar-refractivity contribution in [2.24, 2.45) is 0 Å². The zero-order chi connectivity index (χ0) is 14.0. The van der Waals surface area contributed by atoms with Crippen LogP contribution in [0, 0.1) is 6.92 Å². The van der Waals surface area contributed by atoms with Crippen LogP contribution in [0.25, 0.3) is 0 Å². The fourth-order valence-corrected chi connectivity index (χ4v) is 3.10. The molecule has 2 rings (SSSR count). The van der Waals surface area contributed by atoms with Crippen molar-refractivity contribution < 1.29 is 14.3 Å². The smallest absolute Gasteiger partial charge is 0.350 e. The maximum absolute atomic E-state index is 12.3. The molecule has 19 heavy (non-hydrogen) atoms. The fraction of sp³-hybridized carbons (Fsp3) is 0.538. The third-order valence-corrected chi connectivity index (χ3v) is 4.53. The summed E-state index contributed by atoms with van der Waals surface area (Å²) < 4.78 is 4.73. The summed E-state index contributed by atoms with van der Waals surface area (Å²) in [5.74, 6) is -0.519. The summed E-state index contributed by atoms with van der Waals surface area (Å²) in [6.45, 7) is 4.59. The van der Waals surface area contributed by atoms with Crippen LogP contribution in [0.3, 0.4) is 0 Å². The molecule has 1 amide bonds. The number of hydrogen-bond acceptors (Lipinski definition) is 5. The maximum Gasteiger partial charge on any atom is 0.350 e. The molecule has 1 aromatic rings. The summed E-state index contributed by atoms with van der Waals surface area (Å²) in [5.41, 5.74) is 0.888. The van der Waals surface area contributed by atoms with Gasteiger partial charge in [-0.25, -0.2) is 4.79 Å². The monoisotopic (exact) mass is 282 g/mol. The van der Waals surface area contributed by atoms with E-state index < -0.39 is 11.5 Å². The first-order valence-corrected chi connectivity index (χ1v) is 7.09. The number of ether oxygens (including phenoxy) is 1. The van der Waals surface area contributed by atoms with Gasteiger partial charge >= 0.3 is 5.97 Å². The van der Waals surface area contributed by atoms with Gasteiger partial charge in [-0.2, -0.15) is 0 Å². The molecule has 2 heterocycles. The zero-order valence-electron chi connectivity index (χ0n) is 11.3. The van der Waals surface area contributed by atoms with E-state index in [4.69, 9.17) is 4.74 Å². The summed E-state index contributed by atoms with van der Waals surface area (Å²) in [6, 6.07) is 0. The van der Waals surface area contributed by atoms with Gasteiger partial charge in [0.05, 0.1) is 18.3 Å². The highest BCUT2D eigenvalue weighted by Gasteiger charge is 2.36. The Morgan fingerprint density at radius 1 is 1.53 bits per heavy atom. The lowest BCUT2D eigenvalue weighted by Gasteiger charge is -2.23. The van der Waals surface area contributed by atoms with Crippen LogP contribution in [0.1, 0.15) is 35.0 Å². The van der Waals surface area contributed by atoms with Crippen molar-refractivity contribution in [2.75, 3.05) is 19.0 Å². The Kier molecular flexibility index (Phi) is 3.91. The molecule has 5 nitrogen and oxygen atoms in total. The molecule has 1 aliphatic rings. The predicted octanol–water partition coefficient (Wildman–Crippen LogP) is 1.92. The number of amides is 1. The summed E-state index contributed by atoms with van der Waals surface area (Å²) in [5, 5.41) is 7.91. The standard InChI is InChI=1S/C13H18N2O3S/c1-8-7-19-10(11(16)18-3)9(8)15-12(17)13(2)5-4-6-14-13/h7,14H,4-6H2,1-3H3,(H,15,17). The number of carbonyl (C=O) groups is 2. The summed E-state index contributed by atoms with van der Waals surface area (Å²) >= 11 is 1.28. The van der Waals surface area contributed by atoms with Gasteiger partial charge in [0.15, 0.2) is 0 Å². The van der Waals surface area contributed by atoms with E-state index in [9.17, 15) is 9.59 Å². The first-order chi connectivity index (χ1) is 8.98. The van der Waals surface area contributed by atoms with Crippen LogP contribution in [0.15, 0.2) is 5.38 Å². The lowest BCUT2D eigenvalue weighted by Crippen LogP contribution is -2.48. The number of thiophene rings is 1. The molecule has 1 fully saturated rings. The highest BCUT2D eigenvalue weighted by atomic mass is 32.1. The SMILES string of the molecule is COC(=O)c1scc(C)c1NC(=O)C1(C)CCCN1. The minimum Gasteiger partial charge on any atom is -0.465 e. The number of esters is 1. The molecule has 0 spiro atoms. The number of anilines is 1. The van der Waals surface area contributed by atoms with Crippen molar-refractivity contribution >= 4 is 28.9 Å². The Hall–Kier alpha value is -1.40. The van der Waals surface area contributed by atoms with Crippen LogP contribution in [0.2, 0.25) is 0 Å². The summed E-state index contributed by atoms with van der Waals surface area (Å²) in [6.07, 6.45) is 1.78.